The standard InChI is InChI=1S/C11H18N4/c1-2-8-15(7-1)9-6-12-10-11-13-4-3-5-14-11/h3-5,12H,1-2,6-10H2. The lowest BCUT2D eigenvalue weighted by molar-refractivity contribution is 0.335. The van der Waals surface area contributed by atoms with Gasteiger partial charge in [0.2, 0.25) is 0 Å². The summed E-state index contributed by atoms with van der Waals surface area (Å²) in [6.07, 6.45) is 6.29. The first-order chi connectivity index (χ1) is 7.45. The zero-order valence-electron chi connectivity index (χ0n) is 9.02. The zero-order chi connectivity index (χ0) is 10.3. The van der Waals surface area contributed by atoms with Crippen LogP contribution in [0.25, 0.3) is 0 Å². The number of hydrogen-bond acceptors (Lipinski definition) is 4. The largest absolute Gasteiger partial charge is 0.309 e. The number of nitrogens with zero attached hydrogens (tertiary/aromatic N) is 3. The molecule has 82 valence electrons. The summed E-state index contributed by atoms with van der Waals surface area (Å²) in [5.41, 5.74) is 0. The van der Waals surface area contributed by atoms with Gasteiger partial charge in [-0.05, 0) is 32.0 Å². The Bertz CT molecular complexity index is 269. The van der Waals surface area contributed by atoms with Gasteiger partial charge >= 0.3 is 0 Å². The molecule has 1 fully saturated rings. The van der Waals surface area contributed by atoms with Crippen LogP contribution in [0.4, 0.5) is 0 Å². The SMILES string of the molecule is c1cnc(CNCCN2CCCC2)nc1. The molecule has 1 aromatic heterocycles. The molecule has 15 heavy (non-hydrogen) atoms. The third-order valence-corrected chi connectivity index (χ3v) is 2.71. The first kappa shape index (κ1) is 10.5. The quantitative estimate of drug-likeness (QED) is 0.719. The van der Waals surface area contributed by atoms with Crippen molar-refractivity contribution < 1.29 is 0 Å². The molecule has 1 aromatic rings. The van der Waals surface area contributed by atoms with E-state index in [1.165, 1.54) is 25.9 Å². The molecule has 0 radical (unpaired) electrons. The molecule has 1 aliphatic rings. The minimum atomic E-state index is 0.773. The summed E-state index contributed by atoms with van der Waals surface area (Å²) in [5, 5.41) is 3.36. The van der Waals surface area contributed by atoms with Gasteiger partial charge in [-0.1, -0.05) is 0 Å². The molecular weight excluding hydrogens is 188 g/mol. The van der Waals surface area contributed by atoms with Crippen LogP contribution in [0.2, 0.25) is 0 Å². The van der Waals surface area contributed by atoms with Crippen molar-refractivity contribution in [2.75, 3.05) is 26.2 Å². The van der Waals surface area contributed by atoms with Crippen LogP contribution >= 0.6 is 0 Å². The average molecular weight is 206 g/mol. The number of nitrogens with one attached hydrogen (secondary N) is 1. The van der Waals surface area contributed by atoms with Gasteiger partial charge in [-0.15, -0.1) is 0 Å². The molecule has 0 amide bonds. The van der Waals surface area contributed by atoms with Crippen LogP contribution in [0.3, 0.4) is 0 Å². The van der Waals surface area contributed by atoms with Crippen LogP contribution in [0.15, 0.2) is 18.5 Å². The fourth-order valence-electron chi connectivity index (χ4n) is 1.86. The van der Waals surface area contributed by atoms with Crippen LogP contribution in [0, 0.1) is 0 Å². The Labute approximate surface area is 90.7 Å². The number of likely N-dealkylation sites (tertiary alicyclic amines) is 1. The fourth-order valence-corrected chi connectivity index (χ4v) is 1.86. The molecule has 1 N–H and O–H groups in total. The van der Waals surface area contributed by atoms with Gasteiger partial charge in [0, 0.05) is 25.5 Å². The van der Waals surface area contributed by atoms with Gasteiger partial charge in [-0.2, -0.15) is 0 Å². The van der Waals surface area contributed by atoms with E-state index >= 15 is 0 Å². The highest BCUT2D eigenvalue weighted by molar-refractivity contribution is 4.87. The van der Waals surface area contributed by atoms with Crippen molar-refractivity contribution in [3.63, 3.8) is 0 Å². The van der Waals surface area contributed by atoms with Crippen LogP contribution in [0.5, 0.6) is 0 Å². The lowest BCUT2D eigenvalue weighted by Crippen LogP contribution is -2.30. The number of rotatable bonds is 5. The van der Waals surface area contributed by atoms with E-state index in [9.17, 15) is 0 Å². The van der Waals surface area contributed by atoms with Gasteiger partial charge in [-0.25, -0.2) is 9.97 Å². The minimum Gasteiger partial charge on any atom is -0.309 e. The van der Waals surface area contributed by atoms with Crippen LogP contribution < -0.4 is 5.32 Å². The van der Waals surface area contributed by atoms with Crippen molar-refractivity contribution >= 4 is 0 Å². The van der Waals surface area contributed by atoms with E-state index in [0.717, 1.165) is 25.5 Å². The topological polar surface area (TPSA) is 41.1 Å². The van der Waals surface area contributed by atoms with E-state index in [0.29, 0.717) is 0 Å². The van der Waals surface area contributed by atoms with Crippen LogP contribution in [0.1, 0.15) is 18.7 Å². The third kappa shape index (κ3) is 3.57. The first-order valence-corrected chi connectivity index (χ1v) is 5.64. The normalized spacial score (nSPS) is 17.1. The molecule has 4 heteroatoms. The molecule has 0 aliphatic carbocycles. The van der Waals surface area contributed by atoms with Crippen molar-refractivity contribution in [2.45, 2.75) is 19.4 Å². The molecule has 2 rings (SSSR count). The molecular formula is C11H18N4. The second-order valence-electron chi connectivity index (χ2n) is 3.89. The molecule has 0 aromatic carbocycles. The molecule has 2 heterocycles. The molecule has 0 unspecified atom stereocenters. The zero-order valence-corrected chi connectivity index (χ0v) is 9.02. The van der Waals surface area contributed by atoms with E-state index in [4.69, 9.17) is 0 Å². The first-order valence-electron chi connectivity index (χ1n) is 5.64. The maximum atomic E-state index is 4.16. The monoisotopic (exact) mass is 206 g/mol. The van der Waals surface area contributed by atoms with Crippen molar-refractivity contribution in [1.82, 2.24) is 20.2 Å². The molecule has 0 atom stereocenters. The summed E-state index contributed by atoms with van der Waals surface area (Å²) in [6, 6.07) is 1.84. The third-order valence-electron chi connectivity index (χ3n) is 2.71. The summed E-state index contributed by atoms with van der Waals surface area (Å²) >= 11 is 0. The van der Waals surface area contributed by atoms with Crippen molar-refractivity contribution in [3.05, 3.63) is 24.3 Å². The lowest BCUT2D eigenvalue weighted by Gasteiger charge is -2.14. The van der Waals surface area contributed by atoms with Gasteiger partial charge in [0.1, 0.15) is 5.82 Å². The predicted octanol–water partition coefficient (Wildman–Crippen LogP) is 0.662. The highest BCUT2D eigenvalue weighted by Crippen LogP contribution is 2.05. The highest BCUT2D eigenvalue weighted by Gasteiger charge is 2.09. The van der Waals surface area contributed by atoms with E-state index in [-0.39, 0.29) is 0 Å². The van der Waals surface area contributed by atoms with Gasteiger partial charge in [0.05, 0.1) is 6.54 Å². The lowest BCUT2D eigenvalue weighted by atomic mass is 10.4. The van der Waals surface area contributed by atoms with Gasteiger partial charge < -0.3 is 10.2 Å². The predicted molar refractivity (Wildman–Crippen MR) is 59.4 cm³/mol. The smallest absolute Gasteiger partial charge is 0.141 e. The van der Waals surface area contributed by atoms with Gasteiger partial charge in [-0.3, -0.25) is 0 Å². The summed E-state index contributed by atoms with van der Waals surface area (Å²) in [7, 11) is 0. The van der Waals surface area contributed by atoms with Gasteiger partial charge in [0.15, 0.2) is 0 Å². The van der Waals surface area contributed by atoms with Crippen molar-refractivity contribution in [1.29, 1.82) is 0 Å². The summed E-state index contributed by atoms with van der Waals surface area (Å²) in [4.78, 5) is 10.8. The molecule has 4 nitrogen and oxygen atoms in total. The molecule has 1 aliphatic heterocycles. The molecule has 0 spiro atoms. The summed E-state index contributed by atoms with van der Waals surface area (Å²) in [5.74, 6) is 0.874. The Kier molecular flexibility index (Phi) is 4.05. The second-order valence-corrected chi connectivity index (χ2v) is 3.89. The summed E-state index contributed by atoms with van der Waals surface area (Å²) in [6.45, 7) is 5.48. The maximum absolute atomic E-state index is 4.16. The van der Waals surface area contributed by atoms with E-state index in [1.807, 2.05) is 6.07 Å². The maximum Gasteiger partial charge on any atom is 0.141 e. The summed E-state index contributed by atoms with van der Waals surface area (Å²) < 4.78 is 0. The average Bonchev–Trinajstić information content (AvgIpc) is 2.79. The van der Waals surface area contributed by atoms with E-state index in [1.54, 1.807) is 12.4 Å². The van der Waals surface area contributed by atoms with E-state index in [2.05, 4.69) is 20.2 Å². The second kappa shape index (κ2) is 5.78. The molecule has 0 saturated carbocycles. The van der Waals surface area contributed by atoms with Crippen molar-refractivity contribution in [2.24, 2.45) is 0 Å². The Hall–Kier alpha value is -1.00. The Morgan fingerprint density at radius 3 is 2.67 bits per heavy atom. The molecule has 1 saturated heterocycles. The van der Waals surface area contributed by atoms with Crippen LogP contribution in [-0.2, 0) is 6.54 Å². The van der Waals surface area contributed by atoms with Crippen molar-refractivity contribution in [3.8, 4) is 0 Å². The minimum absolute atomic E-state index is 0.773. The number of aromatic nitrogens is 2. The number of hydrogen-bond donors (Lipinski definition) is 1. The van der Waals surface area contributed by atoms with Crippen LogP contribution in [-0.4, -0.2) is 41.0 Å². The van der Waals surface area contributed by atoms with E-state index < -0.39 is 0 Å². The Morgan fingerprint density at radius 2 is 1.93 bits per heavy atom. The molecule has 0 bridgehead atoms. The Morgan fingerprint density at radius 1 is 1.20 bits per heavy atom. The Balaban J connectivity index is 1.59. The van der Waals surface area contributed by atoms with Gasteiger partial charge in [0.25, 0.3) is 0 Å². The highest BCUT2D eigenvalue weighted by atomic mass is 15.1. The fraction of sp³-hybridized carbons (Fsp3) is 0.636.